The standard InChI is InChI=1S/C21H19FN2O2/c1-26-19-12-6-15(7-13-19)21(25)24-18-10-8-17(9-11-18)23-14-16-4-2-3-5-20(16)22/h2-13,23H,14H2,1H3,(H,24,25). The number of anilines is 2. The van der Waals surface area contributed by atoms with Gasteiger partial charge in [0.25, 0.3) is 5.91 Å². The molecular weight excluding hydrogens is 331 g/mol. The van der Waals surface area contributed by atoms with Crippen LogP contribution < -0.4 is 15.4 Å². The molecule has 3 aromatic carbocycles. The summed E-state index contributed by atoms with van der Waals surface area (Å²) in [6, 6.07) is 20.8. The van der Waals surface area contributed by atoms with Crippen molar-refractivity contribution in [3.63, 3.8) is 0 Å². The van der Waals surface area contributed by atoms with Gasteiger partial charge in [0.15, 0.2) is 0 Å². The van der Waals surface area contributed by atoms with Crippen molar-refractivity contribution < 1.29 is 13.9 Å². The Morgan fingerprint density at radius 1 is 0.923 bits per heavy atom. The van der Waals surface area contributed by atoms with Crippen molar-refractivity contribution >= 4 is 17.3 Å². The predicted molar refractivity (Wildman–Crippen MR) is 101 cm³/mol. The molecule has 2 N–H and O–H groups in total. The first-order chi connectivity index (χ1) is 12.7. The fourth-order valence-electron chi connectivity index (χ4n) is 2.46. The minimum atomic E-state index is -0.233. The Balaban J connectivity index is 1.58. The molecule has 0 saturated carbocycles. The van der Waals surface area contributed by atoms with E-state index in [4.69, 9.17) is 4.74 Å². The second-order valence-electron chi connectivity index (χ2n) is 5.70. The molecule has 0 aliphatic rings. The summed E-state index contributed by atoms with van der Waals surface area (Å²) in [5.74, 6) is 0.273. The lowest BCUT2D eigenvalue weighted by molar-refractivity contribution is 0.102. The van der Waals surface area contributed by atoms with Crippen LogP contribution in [-0.2, 0) is 6.54 Å². The molecule has 0 fully saturated rings. The Kier molecular flexibility index (Phi) is 5.49. The zero-order valence-electron chi connectivity index (χ0n) is 14.3. The van der Waals surface area contributed by atoms with Gasteiger partial charge in [-0.15, -0.1) is 0 Å². The maximum atomic E-state index is 13.6. The molecule has 0 atom stereocenters. The molecule has 5 heteroatoms. The first kappa shape index (κ1) is 17.5. The molecular formula is C21H19FN2O2. The van der Waals surface area contributed by atoms with E-state index in [9.17, 15) is 9.18 Å². The van der Waals surface area contributed by atoms with Crippen LogP contribution in [0.3, 0.4) is 0 Å². The molecule has 0 radical (unpaired) electrons. The van der Waals surface area contributed by atoms with Crippen LogP contribution >= 0.6 is 0 Å². The average Bonchev–Trinajstić information content (AvgIpc) is 2.68. The normalized spacial score (nSPS) is 10.2. The number of rotatable bonds is 6. The third-order valence-corrected chi connectivity index (χ3v) is 3.94. The van der Waals surface area contributed by atoms with Crippen molar-refractivity contribution in [2.45, 2.75) is 6.54 Å². The molecule has 0 aliphatic heterocycles. The lowest BCUT2D eigenvalue weighted by Crippen LogP contribution is -2.11. The summed E-state index contributed by atoms with van der Waals surface area (Å²) in [6.07, 6.45) is 0. The van der Waals surface area contributed by atoms with Crippen LogP contribution in [0.4, 0.5) is 15.8 Å². The van der Waals surface area contributed by atoms with Crippen molar-refractivity contribution in [2.75, 3.05) is 17.7 Å². The lowest BCUT2D eigenvalue weighted by atomic mass is 10.2. The van der Waals surface area contributed by atoms with Crippen molar-refractivity contribution in [1.29, 1.82) is 0 Å². The van der Waals surface area contributed by atoms with E-state index in [0.717, 1.165) is 5.69 Å². The first-order valence-electron chi connectivity index (χ1n) is 8.18. The number of hydrogen-bond donors (Lipinski definition) is 2. The number of ether oxygens (including phenoxy) is 1. The zero-order valence-corrected chi connectivity index (χ0v) is 14.3. The SMILES string of the molecule is COc1ccc(C(=O)Nc2ccc(NCc3ccccc3F)cc2)cc1. The number of carbonyl (C=O) groups is 1. The van der Waals surface area contributed by atoms with Gasteiger partial charge in [-0.2, -0.15) is 0 Å². The van der Waals surface area contributed by atoms with Gasteiger partial charge < -0.3 is 15.4 Å². The van der Waals surface area contributed by atoms with Gasteiger partial charge in [0.1, 0.15) is 11.6 Å². The number of methoxy groups -OCH3 is 1. The van der Waals surface area contributed by atoms with Crippen molar-refractivity contribution in [1.82, 2.24) is 0 Å². The molecule has 3 rings (SSSR count). The first-order valence-corrected chi connectivity index (χ1v) is 8.18. The molecule has 26 heavy (non-hydrogen) atoms. The quantitative estimate of drug-likeness (QED) is 0.677. The summed E-state index contributed by atoms with van der Waals surface area (Å²) < 4.78 is 18.7. The molecule has 1 amide bonds. The molecule has 0 bridgehead atoms. The smallest absolute Gasteiger partial charge is 0.255 e. The van der Waals surface area contributed by atoms with Crippen LogP contribution in [0.15, 0.2) is 72.8 Å². The summed E-state index contributed by atoms with van der Waals surface area (Å²) in [6.45, 7) is 0.393. The summed E-state index contributed by atoms with van der Waals surface area (Å²) in [5.41, 5.74) is 2.68. The van der Waals surface area contributed by atoms with Gasteiger partial charge in [-0.05, 0) is 54.6 Å². The van der Waals surface area contributed by atoms with E-state index in [-0.39, 0.29) is 11.7 Å². The number of benzene rings is 3. The fraction of sp³-hybridized carbons (Fsp3) is 0.0952. The Morgan fingerprint density at radius 2 is 1.58 bits per heavy atom. The molecule has 132 valence electrons. The van der Waals surface area contributed by atoms with Crippen LogP contribution in [0.1, 0.15) is 15.9 Å². The number of carbonyl (C=O) groups excluding carboxylic acids is 1. The third-order valence-electron chi connectivity index (χ3n) is 3.94. The van der Waals surface area contributed by atoms with E-state index >= 15 is 0 Å². The minimum absolute atomic E-state index is 0.195. The summed E-state index contributed by atoms with van der Waals surface area (Å²) in [5, 5.41) is 6.00. The molecule has 4 nitrogen and oxygen atoms in total. The van der Waals surface area contributed by atoms with Gasteiger partial charge in [-0.3, -0.25) is 4.79 Å². The molecule has 0 heterocycles. The van der Waals surface area contributed by atoms with Crippen molar-refractivity contribution in [3.8, 4) is 5.75 Å². The van der Waals surface area contributed by atoms with Gasteiger partial charge in [0.2, 0.25) is 0 Å². The molecule has 0 aromatic heterocycles. The van der Waals surface area contributed by atoms with Crippen LogP contribution in [0.5, 0.6) is 5.75 Å². The van der Waals surface area contributed by atoms with E-state index in [2.05, 4.69) is 10.6 Å². The third kappa shape index (κ3) is 4.39. The topological polar surface area (TPSA) is 50.4 Å². The number of halogens is 1. The van der Waals surface area contributed by atoms with Crippen LogP contribution in [0.25, 0.3) is 0 Å². The van der Waals surface area contributed by atoms with Gasteiger partial charge in [-0.25, -0.2) is 4.39 Å². The summed E-state index contributed by atoms with van der Waals surface area (Å²) >= 11 is 0. The highest BCUT2D eigenvalue weighted by molar-refractivity contribution is 6.04. The van der Waals surface area contributed by atoms with Gasteiger partial charge in [-0.1, -0.05) is 18.2 Å². The number of amides is 1. The highest BCUT2D eigenvalue weighted by Crippen LogP contribution is 2.17. The van der Waals surface area contributed by atoms with Crippen LogP contribution in [0.2, 0.25) is 0 Å². The van der Waals surface area contributed by atoms with Crippen LogP contribution in [0, 0.1) is 5.82 Å². The largest absolute Gasteiger partial charge is 0.497 e. The maximum absolute atomic E-state index is 13.6. The fourth-order valence-corrected chi connectivity index (χ4v) is 2.46. The van der Waals surface area contributed by atoms with Gasteiger partial charge >= 0.3 is 0 Å². The predicted octanol–water partition coefficient (Wildman–Crippen LogP) is 4.70. The van der Waals surface area contributed by atoms with Crippen molar-refractivity contribution in [3.05, 3.63) is 89.7 Å². The van der Waals surface area contributed by atoms with E-state index in [1.807, 2.05) is 12.1 Å². The number of nitrogens with one attached hydrogen (secondary N) is 2. The molecule has 0 saturated heterocycles. The van der Waals surface area contributed by atoms with Crippen LogP contribution in [-0.4, -0.2) is 13.0 Å². The molecule has 0 unspecified atom stereocenters. The monoisotopic (exact) mass is 350 g/mol. The summed E-state index contributed by atoms with van der Waals surface area (Å²) in [7, 11) is 1.58. The molecule has 0 aliphatic carbocycles. The average molecular weight is 350 g/mol. The Labute approximate surface area is 151 Å². The lowest BCUT2D eigenvalue weighted by Gasteiger charge is -2.09. The Bertz CT molecular complexity index is 877. The second kappa shape index (κ2) is 8.16. The maximum Gasteiger partial charge on any atom is 0.255 e. The highest BCUT2D eigenvalue weighted by Gasteiger charge is 2.06. The minimum Gasteiger partial charge on any atom is -0.497 e. The van der Waals surface area contributed by atoms with E-state index in [0.29, 0.717) is 29.1 Å². The second-order valence-corrected chi connectivity index (χ2v) is 5.70. The molecule has 0 spiro atoms. The Hall–Kier alpha value is -3.34. The van der Waals surface area contributed by atoms with Gasteiger partial charge in [0.05, 0.1) is 7.11 Å². The van der Waals surface area contributed by atoms with Crippen molar-refractivity contribution in [2.24, 2.45) is 0 Å². The highest BCUT2D eigenvalue weighted by atomic mass is 19.1. The van der Waals surface area contributed by atoms with E-state index in [1.54, 1.807) is 61.7 Å². The summed E-state index contributed by atoms with van der Waals surface area (Å²) in [4.78, 5) is 12.2. The number of hydrogen-bond acceptors (Lipinski definition) is 3. The molecule has 3 aromatic rings. The van der Waals surface area contributed by atoms with E-state index in [1.165, 1.54) is 6.07 Å². The Morgan fingerprint density at radius 3 is 2.23 bits per heavy atom. The zero-order chi connectivity index (χ0) is 18.4. The van der Waals surface area contributed by atoms with E-state index < -0.39 is 0 Å². The van der Waals surface area contributed by atoms with Gasteiger partial charge in [0, 0.05) is 29.0 Å².